The lowest BCUT2D eigenvalue weighted by Gasteiger charge is -2.06. The SMILES string of the molecule is COc1ccc(-n2cc(C=Nc3ccc(Cl)cc3)cc2C)cc1. The Labute approximate surface area is 140 Å². The van der Waals surface area contributed by atoms with Gasteiger partial charge in [0, 0.05) is 34.4 Å². The van der Waals surface area contributed by atoms with Crippen molar-refractivity contribution in [2.24, 2.45) is 4.99 Å². The summed E-state index contributed by atoms with van der Waals surface area (Å²) >= 11 is 5.88. The van der Waals surface area contributed by atoms with E-state index in [4.69, 9.17) is 16.3 Å². The van der Waals surface area contributed by atoms with Crippen LogP contribution < -0.4 is 4.74 Å². The average Bonchev–Trinajstić information content (AvgIpc) is 2.95. The highest BCUT2D eigenvalue weighted by molar-refractivity contribution is 6.30. The molecule has 0 aliphatic carbocycles. The number of hydrogen-bond donors (Lipinski definition) is 0. The van der Waals surface area contributed by atoms with Crippen molar-refractivity contribution < 1.29 is 4.74 Å². The molecule has 23 heavy (non-hydrogen) atoms. The Bertz CT molecular complexity index is 818. The molecule has 0 fully saturated rings. The number of rotatable bonds is 4. The Hall–Kier alpha value is -2.52. The molecule has 0 saturated heterocycles. The van der Waals surface area contributed by atoms with E-state index in [1.54, 1.807) is 7.11 Å². The van der Waals surface area contributed by atoms with Crippen LogP contribution in [0.2, 0.25) is 5.02 Å². The van der Waals surface area contributed by atoms with Gasteiger partial charge in [-0.05, 0) is 61.5 Å². The number of aryl methyl sites for hydroxylation is 1. The van der Waals surface area contributed by atoms with E-state index in [2.05, 4.69) is 28.7 Å². The van der Waals surface area contributed by atoms with Gasteiger partial charge in [-0.2, -0.15) is 0 Å². The normalized spacial score (nSPS) is 11.1. The summed E-state index contributed by atoms with van der Waals surface area (Å²) in [5.41, 5.74) is 4.17. The van der Waals surface area contributed by atoms with Crippen molar-refractivity contribution in [3.05, 3.63) is 77.1 Å². The first kappa shape index (κ1) is 15.4. The van der Waals surface area contributed by atoms with Crippen molar-refractivity contribution >= 4 is 23.5 Å². The third kappa shape index (κ3) is 3.63. The second-order valence-electron chi connectivity index (χ2n) is 5.22. The molecule has 0 saturated carbocycles. The predicted molar refractivity (Wildman–Crippen MR) is 95.8 cm³/mol. The third-order valence-corrected chi connectivity index (χ3v) is 3.83. The number of aliphatic imine (C=N–C) groups is 1. The molecule has 1 aromatic heterocycles. The maximum atomic E-state index is 5.88. The molecule has 0 unspecified atom stereocenters. The van der Waals surface area contributed by atoms with Gasteiger partial charge in [-0.3, -0.25) is 4.99 Å². The molecule has 3 rings (SSSR count). The molecular formula is C19H17ClN2O. The standard InChI is InChI=1S/C19H17ClN2O/c1-14-11-15(12-21-17-5-3-16(20)4-6-17)13-22(14)18-7-9-19(23-2)10-8-18/h3-13H,1-2H3. The van der Waals surface area contributed by atoms with Crippen LogP contribution in [0.5, 0.6) is 5.75 Å². The number of aromatic nitrogens is 1. The van der Waals surface area contributed by atoms with Crippen LogP contribution in [0.15, 0.2) is 65.8 Å². The van der Waals surface area contributed by atoms with E-state index >= 15 is 0 Å². The highest BCUT2D eigenvalue weighted by Gasteiger charge is 2.03. The van der Waals surface area contributed by atoms with Gasteiger partial charge in [0.25, 0.3) is 0 Å². The molecule has 0 atom stereocenters. The van der Waals surface area contributed by atoms with E-state index in [-0.39, 0.29) is 0 Å². The lowest BCUT2D eigenvalue weighted by Crippen LogP contribution is -1.94. The van der Waals surface area contributed by atoms with E-state index < -0.39 is 0 Å². The number of halogens is 1. The van der Waals surface area contributed by atoms with Crippen LogP contribution in [0.3, 0.4) is 0 Å². The fraction of sp³-hybridized carbons (Fsp3) is 0.105. The zero-order valence-electron chi connectivity index (χ0n) is 13.0. The summed E-state index contributed by atoms with van der Waals surface area (Å²) in [6.07, 6.45) is 3.92. The Morgan fingerprint density at radius 2 is 1.74 bits per heavy atom. The van der Waals surface area contributed by atoms with Crippen molar-refractivity contribution in [3.63, 3.8) is 0 Å². The molecular weight excluding hydrogens is 308 g/mol. The summed E-state index contributed by atoms with van der Waals surface area (Å²) in [7, 11) is 1.67. The average molecular weight is 325 g/mol. The number of ether oxygens (including phenoxy) is 1. The summed E-state index contributed by atoms with van der Waals surface area (Å²) < 4.78 is 7.32. The minimum atomic E-state index is 0.713. The summed E-state index contributed by atoms with van der Waals surface area (Å²) in [6, 6.07) is 17.5. The molecule has 116 valence electrons. The molecule has 0 bridgehead atoms. The highest BCUT2D eigenvalue weighted by Crippen LogP contribution is 2.19. The minimum absolute atomic E-state index is 0.713. The van der Waals surface area contributed by atoms with E-state index in [9.17, 15) is 0 Å². The van der Waals surface area contributed by atoms with E-state index in [0.717, 1.165) is 28.4 Å². The smallest absolute Gasteiger partial charge is 0.119 e. The first-order valence-corrected chi connectivity index (χ1v) is 7.66. The van der Waals surface area contributed by atoms with Crippen LogP contribution >= 0.6 is 11.6 Å². The number of benzene rings is 2. The van der Waals surface area contributed by atoms with Crippen LogP contribution in [-0.2, 0) is 0 Å². The van der Waals surface area contributed by atoms with E-state index in [1.807, 2.05) is 54.7 Å². The first-order chi connectivity index (χ1) is 11.2. The van der Waals surface area contributed by atoms with Crippen molar-refractivity contribution in [1.29, 1.82) is 0 Å². The van der Waals surface area contributed by atoms with Gasteiger partial charge in [-0.25, -0.2) is 0 Å². The molecule has 0 amide bonds. The highest BCUT2D eigenvalue weighted by atomic mass is 35.5. The fourth-order valence-electron chi connectivity index (χ4n) is 2.37. The molecule has 0 aliphatic heterocycles. The number of hydrogen-bond acceptors (Lipinski definition) is 2. The Morgan fingerprint density at radius 1 is 1.04 bits per heavy atom. The summed E-state index contributed by atoms with van der Waals surface area (Å²) in [4.78, 5) is 4.48. The molecule has 2 aromatic carbocycles. The van der Waals surface area contributed by atoms with Crippen molar-refractivity contribution in [2.75, 3.05) is 7.11 Å². The van der Waals surface area contributed by atoms with Crippen LogP contribution in [0.25, 0.3) is 5.69 Å². The fourth-order valence-corrected chi connectivity index (χ4v) is 2.49. The zero-order valence-corrected chi connectivity index (χ0v) is 13.8. The van der Waals surface area contributed by atoms with Gasteiger partial charge in [0.05, 0.1) is 12.8 Å². The third-order valence-electron chi connectivity index (χ3n) is 3.57. The molecule has 0 radical (unpaired) electrons. The molecule has 4 heteroatoms. The van der Waals surface area contributed by atoms with Gasteiger partial charge in [-0.15, -0.1) is 0 Å². The van der Waals surface area contributed by atoms with E-state index in [1.165, 1.54) is 0 Å². The van der Waals surface area contributed by atoms with Crippen molar-refractivity contribution in [3.8, 4) is 11.4 Å². The van der Waals surface area contributed by atoms with Gasteiger partial charge in [-0.1, -0.05) is 11.6 Å². The molecule has 0 N–H and O–H groups in total. The molecule has 1 heterocycles. The van der Waals surface area contributed by atoms with Gasteiger partial charge < -0.3 is 9.30 Å². The van der Waals surface area contributed by atoms with Crippen LogP contribution in [0.4, 0.5) is 5.69 Å². The molecule has 0 aliphatic rings. The number of methoxy groups -OCH3 is 1. The van der Waals surface area contributed by atoms with Gasteiger partial charge in [0.2, 0.25) is 0 Å². The summed E-state index contributed by atoms with van der Waals surface area (Å²) in [5.74, 6) is 0.850. The van der Waals surface area contributed by atoms with Gasteiger partial charge in [0.15, 0.2) is 0 Å². The number of nitrogens with zero attached hydrogens (tertiary/aromatic N) is 2. The predicted octanol–water partition coefficient (Wildman–Crippen LogP) is 5.20. The Balaban J connectivity index is 1.83. The minimum Gasteiger partial charge on any atom is -0.497 e. The topological polar surface area (TPSA) is 26.5 Å². The molecule has 3 aromatic rings. The maximum absolute atomic E-state index is 5.88. The molecule has 3 nitrogen and oxygen atoms in total. The second kappa shape index (κ2) is 6.71. The van der Waals surface area contributed by atoms with Crippen LogP contribution in [0.1, 0.15) is 11.3 Å². The second-order valence-corrected chi connectivity index (χ2v) is 5.65. The van der Waals surface area contributed by atoms with Gasteiger partial charge in [0.1, 0.15) is 5.75 Å². The lowest BCUT2D eigenvalue weighted by atomic mass is 10.3. The first-order valence-electron chi connectivity index (χ1n) is 7.29. The van der Waals surface area contributed by atoms with Crippen molar-refractivity contribution in [2.45, 2.75) is 6.92 Å². The van der Waals surface area contributed by atoms with Crippen LogP contribution in [0, 0.1) is 6.92 Å². The van der Waals surface area contributed by atoms with E-state index in [0.29, 0.717) is 5.02 Å². The van der Waals surface area contributed by atoms with Gasteiger partial charge >= 0.3 is 0 Å². The molecule has 0 spiro atoms. The quantitative estimate of drug-likeness (QED) is 0.606. The monoisotopic (exact) mass is 324 g/mol. The Kier molecular flexibility index (Phi) is 4.49. The Morgan fingerprint density at radius 3 is 2.39 bits per heavy atom. The largest absolute Gasteiger partial charge is 0.497 e. The summed E-state index contributed by atoms with van der Waals surface area (Å²) in [5, 5.41) is 0.713. The van der Waals surface area contributed by atoms with Crippen molar-refractivity contribution in [1.82, 2.24) is 4.57 Å². The van der Waals surface area contributed by atoms with Crippen LogP contribution in [-0.4, -0.2) is 17.9 Å². The maximum Gasteiger partial charge on any atom is 0.119 e. The lowest BCUT2D eigenvalue weighted by molar-refractivity contribution is 0.414. The summed E-state index contributed by atoms with van der Waals surface area (Å²) in [6.45, 7) is 2.07. The zero-order chi connectivity index (χ0) is 16.2.